The predicted molar refractivity (Wildman–Crippen MR) is 75.3 cm³/mol. The quantitative estimate of drug-likeness (QED) is 0.565. The lowest BCUT2D eigenvalue weighted by Gasteiger charge is -2.04. The summed E-state index contributed by atoms with van der Waals surface area (Å²) in [7, 11) is 1.67. The van der Waals surface area contributed by atoms with E-state index in [1.54, 1.807) is 17.7 Å². The van der Waals surface area contributed by atoms with Crippen LogP contribution in [0, 0.1) is 11.6 Å². The molecule has 22 heavy (non-hydrogen) atoms. The Morgan fingerprint density at radius 1 is 1.27 bits per heavy atom. The van der Waals surface area contributed by atoms with Gasteiger partial charge in [-0.25, -0.2) is 19.2 Å². The first-order valence-corrected chi connectivity index (χ1v) is 6.38. The molecule has 1 heterocycles. The first-order chi connectivity index (χ1) is 10.5. The second-order valence-corrected chi connectivity index (χ2v) is 4.74. The molecule has 0 spiro atoms. The third-order valence-electron chi connectivity index (χ3n) is 3.44. The number of aromatic nitrogens is 2. The van der Waals surface area contributed by atoms with Crippen LogP contribution >= 0.6 is 0 Å². The first-order valence-electron chi connectivity index (χ1n) is 6.38. The molecular weight excluding hydrogens is 292 g/mol. The molecule has 112 valence electrons. The maximum atomic E-state index is 13.9. The van der Waals surface area contributed by atoms with Crippen molar-refractivity contribution < 1.29 is 18.8 Å². The summed E-state index contributed by atoms with van der Waals surface area (Å²) in [5.41, 5.74) is 2.85. The van der Waals surface area contributed by atoms with Crippen molar-refractivity contribution in [2.45, 2.75) is 0 Å². The molecule has 3 aromatic rings. The van der Waals surface area contributed by atoms with E-state index >= 15 is 0 Å². The largest absolute Gasteiger partial charge is 0.327 e. The molecule has 0 saturated heterocycles. The fourth-order valence-electron chi connectivity index (χ4n) is 2.32. The fourth-order valence-corrected chi connectivity index (χ4v) is 2.32. The molecule has 1 aromatic heterocycles. The number of carbonyl (C=O) groups excluding carboxylic acids is 1. The van der Waals surface area contributed by atoms with Crippen LogP contribution in [0.4, 0.5) is 8.78 Å². The van der Waals surface area contributed by atoms with Gasteiger partial charge in [0.15, 0.2) is 11.6 Å². The van der Waals surface area contributed by atoms with E-state index in [9.17, 15) is 13.6 Å². The summed E-state index contributed by atoms with van der Waals surface area (Å²) in [6, 6.07) is 8.44. The lowest BCUT2D eigenvalue weighted by Crippen LogP contribution is -2.18. The Hall–Kier alpha value is -2.80. The number of hydroxylamine groups is 1. The maximum Gasteiger partial charge on any atom is 0.274 e. The fraction of sp³-hybridized carbons (Fsp3) is 0.0667. The van der Waals surface area contributed by atoms with Gasteiger partial charge < -0.3 is 4.57 Å². The molecule has 2 aromatic carbocycles. The number of imidazole rings is 1. The van der Waals surface area contributed by atoms with Gasteiger partial charge in [0.2, 0.25) is 0 Å². The monoisotopic (exact) mass is 303 g/mol. The summed E-state index contributed by atoms with van der Waals surface area (Å²) in [6.45, 7) is 0. The number of fused-ring (bicyclic) bond motifs is 1. The zero-order chi connectivity index (χ0) is 15.9. The number of hydrogen-bond acceptors (Lipinski definition) is 3. The highest BCUT2D eigenvalue weighted by molar-refractivity contribution is 5.97. The molecule has 5 nitrogen and oxygen atoms in total. The Balaban J connectivity index is 2.21. The molecule has 7 heteroatoms. The van der Waals surface area contributed by atoms with E-state index in [0.29, 0.717) is 11.0 Å². The van der Waals surface area contributed by atoms with Gasteiger partial charge in [0.25, 0.3) is 5.91 Å². The SMILES string of the molecule is Cn1c(-c2cccc(F)c2F)nc2cc(C(=O)NO)ccc21. The van der Waals surface area contributed by atoms with Gasteiger partial charge >= 0.3 is 0 Å². The highest BCUT2D eigenvalue weighted by Crippen LogP contribution is 2.27. The number of carbonyl (C=O) groups is 1. The van der Waals surface area contributed by atoms with Gasteiger partial charge in [0.05, 0.1) is 16.6 Å². The van der Waals surface area contributed by atoms with E-state index in [1.165, 1.54) is 29.7 Å². The number of aryl methyl sites for hydroxylation is 1. The summed E-state index contributed by atoms with van der Waals surface area (Å²) in [6.07, 6.45) is 0. The van der Waals surface area contributed by atoms with Crippen LogP contribution in [0.15, 0.2) is 36.4 Å². The third-order valence-corrected chi connectivity index (χ3v) is 3.44. The molecule has 0 aliphatic rings. The highest BCUT2D eigenvalue weighted by atomic mass is 19.2. The van der Waals surface area contributed by atoms with Gasteiger partial charge in [-0.1, -0.05) is 6.07 Å². The molecule has 0 radical (unpaired) electrons. The smallest absolute Gasteiger partial charge is 0.274 e. The number of rotatable bonds is 2. The average Bonchev–Trinajstić information content (AvgIpc) is 2.85. The molecule has 0 atom stereocenters. The van der Waals surface area contributed by atoms with Crippen molar-refractivity contribution in [1.29, 1.82) is 0 Å². The third kappa shape index (κ3) is 2.11. The Bertz CT molecular complexity index is 890. The summed E-state index contributed by atoms with van der Waals surface area (Å²) in [5.74, 6) is -2.36. The molecule has 0 aliphatic carbocycles. The Kier molecular flexibility index (Phi) is 3.34. The highest BCUT2D eigenvalue weighted by Gasteiger charge is 2.17. The molecule has 0 bridgehead atoms. The molecule has 0 saturated carbocycles. The second kappa shape index (κ2) is 5.19. The Labute approximate surface area is 123 Å². The van der Waals surface area contributed by atoms with Crippen LogP contribution in [0.25, 0.3) is 22.4 Å². The van der Waals surface area contributed by atoms with Crippen LogP contribution in [0.3, 0.4) is 0 Å². The van der Waals surface area contributed by atoms with E-state index in [1.807, 2.05) is 0 Å². The van der Waals surface area contributed by atoms with E-state index in [2.05, 4.69) is 4.98 Å². The minimum atomic E-state index is -0.978. The summed E-state index contributed by atoms with van der Waals surface area (Å²) in [5, 5.41) is 8.65. The Morgan fingerprint density at radius 3 is 2.77 bits per heavy atom. The predicted octanol–water partition coefficient (Wildman–Crippen LogP) is 2.64. The number of hydrogen-bond donors (Lipinski definition) is 2. The van der Waals surface area contributed by atoms with Gasteiger partial charge in [0, 0.05) is 12.6 Å². The number of nitrogens with one attached hydrogen (secondary N) is 1. The van der Waals surface area contributed by atoms with Crippen LogP contribution in [0.1, 0.15) is 10.4 Å². The first kappa shape index (κ1) is 14.2. The molecule has 3 rings (SSSR count). The van der Waals surface area contributed by atoms with Gasteiger partial charge in [-0.3, -0.25) is 10.0 Å². The van der Waals surface area contributed by atoms with Crippen LogP contribution in [-0.4, -0.2) is 20.7 Å². The number of halogens is 2. The maximum absolute atomic E-state index is 13.9. The van der Waals surface area contributed by atoms with E-state index in [-0.39, 0.29) is 17.0 Å². The van der Waals surface area contributed by atoms with Crippen molar-refractivity contribution in [3.8, 4) is 11.4 Å². The van der Waals surface area contributed by atoms with Crippen LogP contribution < -0.4 is 5.48 Å². The van der Waals surface area contributed by atoms with Crippen LogP contribution in [-0.2, 0) is 7.05 Å². The molecule has 2 N–H and O–H groups in total. The van der Waals surface area contributed by atoms with Crippen molar-refractivity contribution in [2.24, 2.45) is 7.05 Å². The van der Waals surface area contributed by atoms with Crippen molar-refractivity contribution in [3.05, 3.63) is 53.6 Å². The molecule has 0 fully saturated rings. The zero-order valence-corrected chi connectivity index (χ0v) is 11.5. The molecular formula is C15H11F2N3O2. The minimum absolute atomic E-state index is 0.0341. The van der Waals surface area contributed by atoms with Gasteiger partial charge in [-0.15, -0.1) is 0 Å². The Morgan fingerprint density at radius 2 is 2.05 bits per heavy atom. The van der Waals surface area contributed by atoms with Crippen molar-refractivity contribution in [1.82, 2.24) is 15.0 Å². The summed E-state index contributed by atoms with van der Waals surface area (Å²) in [4.78, 5) is 15.7. The lowest BCUT2D eigenvalue weighted by atomic mass is 10.2. The number of nitrogens with zero attached hydrogens (tertiary/aromatic N) is 2. The number of benzene rings is 2. The van der Waals surface area contributed by atoms with Crippen molar-refractivity contribution in [3.63, 3.8) is 0 Å². The van der Waals surface area contributed by atoms with Crippen molar-refractivity contribution >= 4 is 16.9 Å². The number of amides is 1. The normalized spacial score (nSPS) is 10.9. The average molecular weight is 303 g/mol. The van der Waals surface area contributed by atoms with E-state index < -0.39 is 17.5 Å². The zero-order valence-electron chi connectivity index (χ0n) is 11.5. The molecule has 1 amide bonds. The van der Waals surface area contributed by atoms with Crippen molar-refractivity contribution in [2.75, 3.05) is 0 Å². The lowest BCUT2D eigenvalue weighted by molar-refractivity contribution is 0.0706. The second-order valence-electron chi connectivity index (χ2n) is 4.74. The van der Waals surface area contributed by atoms with Crippen LogP contribution in [0.5, 0.6) is 0 Å². The topological polar surface area (TPSA) is 67.2 Å². The van der Waals surface area contributed by atoms with E-state index in [4.69, 9.17) is 5.21 Å². The minimum Gasteiger partial charge on any atom is -0.327 e. The van der Waals surface area contributed by atoms with Gasteiger partial charge in [-0.05, 0) is 30.3 Å². The summed E-state index contributed by atoms with van der Waals surface area (Å²) >= 11 is 0. The van der Waals surface area contributed by atoms with E-state index in [0.717, 1.165) is 6.07 Å². The van der Waals surface area contributed by atoms with Gasteiger partial charge in [-0.2, -0.15) is 0 Å². The summed E-state index contributed by atoms with van der Waals surface area (Å²) < 4.78 is 28.9. The standard InChI is InChI=1S/C15H11F2N3O2/c1-20-12-6-5-8(15(21)19-22)7-11(12)18-14(20)9-3-2-4-10(16)13(9)17/h2-7,22H,1H3,(H,19,21). The van der Waals surface area contributed by atoms with Gasteiger partial charge in [0.1, 0.15) is 5.82 Å². The molecule has 0 unspecified atom stereocenters. The van der Waals surface area contributed by atoms with Crippen LogP contribution in [0.2, 0.25) is 0 Å². The molecule has 0 aliphatic heterocycles.